The van der Waals surface area contributed by atoms with Crippen LogP contribution in [0.4, 0.5) is 23.7 Å². The molecule has 1 saturated carbocycles. The van der Waals surface area contributed by atoms with Crippen LogP contribution in [-0.2, 0) is 25.7 Å². The number of sulfonamides is 1. The van der Waals surface area contributed by atoms with Gasteiger partial charge in [-0.2, -0.15) is 13.2 Å². The summed E-state index contributed by atoms with van der Waals surface area (Å²) < 4.78 is 73.3. The van der Waals surface area contributed by atoms with E-state index in [0.29, 0.717) is 29.8 Å². The van der Waals surface area contributed by atoms with Gasteiger partial charge < -0.3 is 15.0 Å². The molecule has 2 amide bonds. The molecule has 1 N–H and O–H groups in total. The van der Waals surface area contributed by atoms with Crippen molar-refractivity contribution in [3.05, 3.63) is 59.1 Å². The Morgan fingerprint density at radius 1 is 1.11 bits per heavy atom. The summed E-state index contributed by atoms with van der Waals surface area (Å²) in [5.74, 6) is -0.765. The molecule has 1 atom stereocenters. The number of nitrogens with one attached hydrogen (secondary N) is 1. The van der Waals surface area contributed by atoms with E-state index >= 15 is 0 Å². The number of benzene rings is 2. The number of nitrogens with zero attached hydrogens (tertiary/aromatic N) is 2. The molecular formula is C25H27ClF3N3O5S. The first-order valence-electron chi connectivity index (χ1n) is 12.1. The molecule has 13 heteroatoms. The molecule has 8 nitrogen and oxygen atoms in total. The summed E-state index contributed by atoms with van der Waals surface area (Å²) in [6, 6.07) is 9.57. The highest BCUT2D eigenvalue weighted by atomic mass is 35.5. The van der Waals surface area contributed by atoms with Crippen molar-refractivity contribution in [3.8, 4) is 0 Å². The number of likely N-dealkylation sites (tertiary alicyclic amines) is 1. The second-order valence-electron chi connectivity index (χ2n) is 9.35. The fraction of sp³-hybridized carbons (Fsp3) is 0.440. The molecule has 1 aliphatic heterocycles. The van der Waals surface area contributed by atoms with Crippen molar-refractivity contribution < 1.29 is 35.9 Å². The predicted octanol–water partition coefficient (Wildman–Crippen LogP) is 4.68. The van der Waals surface area contributed by atoms with E-state index < -0.39 is 46.0 Å². The maximum absolute atomic E-state index is 13.6. The SMILES string of the molecule is O=C(NC1CC1)OCC1CCCN(C(=O)CN(c2cc(C(F)(F)F)ccc2Cl)S(=O)(=O)c2ccccc2)C1. The Kier molecular flexibility index (Phi) is 8.41. The summed E-state index contributed by atoms with van der Waals surface area (Å²) in [5.41, 5.74) is -1.55. The van der Waals surface area contributed by atoms with Gasteiger partial charge in [0.2, 0.25) is 5.91 Å². The Hall–Kier alpha value is -2.99. The van der Waals surface area contributed by atoms with Crippen molar-refractivity contribution in [3.63, 3.8) is 0 Å². The van der Waals surface area contributed by atoms with Crippen molar-refractivity contribution >= 4 is 39.3 Å². The number of rotatable bonds is 8. The Labute approximate surface area is 223 Å². The Morgan fingerprint density at radius 2 is 1.82 bits per heavy atom. The van der Waals surface area contributed by atoms with Gasteiger partial charge in [-0.3, -0.25) is 9.10 Å². The first kappa shape index (κ1) is 28.0. The third-order valence-electron chi connectivity index (χ3n) is 6.37. The second kappa shape index (κ2) is 11.4. The minimum atomic E-state index is -4.75. The maximum Gasteiger partial charge on any atom is 0.416 e. The standard InChI is InChI=1S/C25H27ClF3N3O5S/c26-21-11-8-18(25(27,28)29)13-22(21)32(38(35,36)20-6-2-1-3-7-20)15-23(33)31-12-4-5-17(14-31)16-37-24(34)30-19-9-10-19/h1-3,6-8,11,13,17,19H,4-5,9-10,12,14-16H2,(H,30,34). The molecule has 2 fully saturated rings. The van der Waals surface area contributed by atoms with Crippen molar-refractivity contribution in [2.75, 3.05) is 30.5 Å². The minimum Gasteiger partial charge on any atom is -0.449 e. The van der Waals surface area contributed by atoms with Crippen LogP contribution >= 0.6 is 11.6 Å². The van der Waals surface area contributed by atoms with E-state index in [0.717, 1.165) is 25.0 Å². The summed E-state index contributed by atoms with van der Waals surface area (Å²) in [6.07, 6.45) is -2.14. The van der Waals surface area contributed by atoms with Gasteiger partial charge in [-0.25, -0.2) is 13.2 Å². The lowest BCUT2D eigenvalue weighted by Gasteiger charge is -2.34. The molecule has 1 aliphatic carbocycles. The largest absolute Gasteiger partial charge is 0.449 e. The van der Waals surface area contributed by atoms with E-state index in [-0.39, 0.29) is 35.0 Å². The zero-order valence-electron chi connectivity index (χ0n) is 20.3. The van der Waals surface area contributed by atoms with Crippen molar-refractivity contribution in [1.29, 1.82) is 0 Å². The van der Waals surface area contributed by atoms with Crippen LogP contribution in [0.2, 0.25) is 5.02 Å². The molecule has 206 valence electrons. The zero-order valence-corrected chi connectivity index (χ0v) is 21.9. The van der Waals surface area contributed by atoms with Crippen molar-refractivity contribution in [2.24, 2.45) is 5.92 Å². The topological polar surface area (TPSA) is 96.0 Å². The van der Waals surface area contributed by atoms with E-state index in [1.165, 1.54) is 29.2 Å². The normalized spacial score (nSPS) is 18.1. The number of hydrogen-bond acceptors (Lipinski definition) is 5. The highest BCUT2D eigenvalue weighted by Crippen LogP contribution is 2.37. The molecule has 0 spiro atoms. The third-order valence-corrected chi connectivity index (χ3v) is 8.47. The molecule has 0 bridgehead atoms. The first-order valence-corrected chi connectivity index (χ1v) is 13.9. The quantitative estimate of drug-likeness (QED) is 0.495. The second-order valence-corrected chi connectivity index (χ2v) is 11.6. The fourth-order valence-electron chi connectivity index (χ4n) is 4.18. The van der Waals surface area contributed by atoms with E-state index in [4.69, 9.17) is 16.3 Å². The summed E-state index contributed by atoms with van der Waals surface area (Å²) in [5, 5.41) is 2.46. The monoisotopic (exact) mass is 573 g/mol. The van der Waals surface area contributed by atoms with Crippen LogP contribution in [0.5, 0.6) is 0 Å². The summed E-state index contributed by atoms with van der Waals surface area (Å²) in [4.78, 5) is 26.4. The average molecular weight is 574 g/mol. The van der Waals surface area contributed by atoms with Crippen LogP contribution in [0.3, 0.4) is 0 Å². The Morgan fingerprint density at radius 3 is 2.47 bits per heavy atom. The molecule has 0 aromatic heterocycles. The highest BCUT2D eigenvalue weighted by molar-refractivity contribution is 7.92. The van der Waals surface area contributed by atoms with Gasteiger partial charge >= 0.3 is 12.3 Å². The predicted molar refractivity (Wildman–Crippen MR) is 134 cm³/mol. The van der Waals surface area contributed by atoms with Gasteiger partial charge in [-0.1, -0.05) is 29.8 Å². The number of piperidine rings is 1. The van der Waals surface area contributed by atoms with Gasteiger partial charge in [0.25, 0.3) is 10.0 Å². The lowest BCUT2D eigenvalue weighted by Crippen LogP contribution is -2.47. The summed E-state index contributed by atoms with van der Waals surface area (Å²) in [6.45, 7) is -0.119. The number of halogens is 4. The third kappa shape index (κ3) is 6.90. The number of anilines is 1. The molecule has 0 radical (unpaired) electrons. The molecule has 1 heterocycles. The van der Waals surface area contributed by atoms with Gasteiger partial charge in [-0.15, -0.1) is 0 Å². The van der Waals surface area contributed by atoms with Gasteiger partial charge in [0.1, 0.15) is 6.54 Å². The molecular weight excluding hydrogens is 547 g/mol. The zero-order chi connectivity index (χ0) is 27.5. The number of amides is 2. The number of alkyl halides is 3. The molecule has 1 saturated heterocycles. The highest BCUT2D eigenvalue weighted by Gasteiger charge is 2.36. The number of ether oxygens (including phenoxy) is 1. The number of hydrogen-bond donors (Lipinski definition) is 1. The van der Waals surface area contributed by atoms with Crippen LogP contribution in [-0.4, -0.2) is 57.6 Å². The van der Waals surface area contributed by atoms with Crippen LogP contribution in [0.25, 0.3) is 0 Å². The Bertz CT molecular complexity index is 1270. The molecule has 38 heavy (non-hydrogen) atoms. The van der Waals surface area contributed by atoms with Gasteiger partial charge in [0.05, 0.1) is 27.8 Å². The lowest BCUT2D eigenvalue weighted by molar-refractivity contribution is -0.137. The number of carbonyl (C=O) groups is 2. The molecule has 2 aliphatic rings. The van der Waals surface area contributed by atoms with Crippen molar-refractivity contribution in [2.45, 2.75) is 42.8 Å². The Balaban J connectivity index is 1.55. The van der Waals surface area contributed by atoms with E-state index in [9.17, 15) is 31.2 Å². The fourth-order valence-corrected chi connectivity index (χ4v) is 5.90. The molecule has 2 aromatic carbocycles. The molecule has 1 unspecified atom stereocenters. The summed E-state index contributed by atoms with van der Waals surface area (Å²) in [7, 11) is -4.46. The van der Waals surface area contributed by atoms with E-state index in [2.05, 4.69) is 5.32 Å². The molecule has 4 rings (SSSR count). The average Bonchev–Trinajstić information content (AvgIpc) is 3.70. The summed E-state index contributed by atoms with van der Waals surface area (Å²) >= 11 is 6.19. The molecule has 2 aromatic rings. The number of carbonyl (C=O) groups excluding carboxylic acids is 2. The van der Waals surface area contributed by atoms with E-state index in [1.54, 1.807) is 6.07 Å². The van der Waals surface area contributed by atoms with Crippen LogP contribution in [0.1, 0.15) is 31.2 Å². The lowest BCUT2D eigenvalue weighted by atomic mass is 9.99. The van der Waals surface area contributed by atoms with Gasteiger partial charge in [-0.05, 0) is 56.0 Å². The smallest absolute Gasteiger partial charge is 0.416 e. The van der Waals surface area contributed by atoms with Gasteiger partial charge in [0, 0.05) is 25.0 Å². The first-order chi connectivity index (χ1) is 17.9. The number of alkyl carbamates (subject to hydrolysis) is 1. The maximum atomic E-state index is 13.6. The van der Waals surface area contributed by atoms with Gasteiger partial charge in [0.15, 0.2) is 0 Å². The van der Waals surface area contributed by atoms with Crippen molar-refractivity contribution in [1.82, 2.24) is 10.2 Å². The minimum absolute atomic E-state index is 0.0911. The van der Waals surface area contributed by atoms with Crippen LogP contribution < -0.4 is 9.62 Å². The van der Waals surface area contributed by atoms with Crippen LogP contribution in [0.15, 0.2) is 53.4 Å². The van der Waals surface area contributed by atoms with E-state index in [1.807, 2.05) is 0 Å². The van der Waals surface area contributed by atoms with Crippen LogP contribution in [0, 0.1) is 5.92 Å².